The molecule has 0 unspecified atom stereocenters. The van der Waals surface area contributed by atoms with Crippen LogP contribution in [0.2, 0.25) is 0 Å². The fraction of sp³-hybridized carbons (Fsp3) is 0.923. The summed E-state index contributed by atoms with van der Waals surface area (Å²) in [4.78, 5) is 11.8. The van der Waals surface area contributed by atoms with Crippen molar-refractivity contribution in [1.82, 2.24) is 0 Å². The summed E-state index contributed by atoms with van der Waals surface area (Å²) in [7, 11) is 1.52. The summed E-state index contributed by atoms with van der Waals surface area (Å²) in [6.07, 6.45) is 6.83. The Morgan fingerprint density at radius 1 is 1.07 bits per heavy atom. The first-order valence-corrected chi connectivity index (χ1v) is 6.13. The fourth-order valence-corrected chi connectivity index (χ4v) is 3.60. The molecular formula is C13H22O2. The predicted octanol–water partition coefficient (Wildman–Crippen LogP) is 3.16. The van der Waals surface area contributed by atoms with Gasteiger partial charge in [0.2, 0.25) is 0 Å². The van der Waals surface area contributed by atoms with Gasteiger partial charge >= 0.3 is 5.97 Å². The van der Waals surface area contributed by atoms with Gasteiger partial charge in [-0.15, -0.1) is 0 Å². The Morgan fingerprint density at radius 3 is 1.87 bits per heavy atom. The molecule has 3 saturated carbocycles. The SMILES string of the molecule is COC(=O)C12CCC(C(C)C)(CC1)CC2. The number of carbonyl (C=O) groups excluding carboxylic acids is 1. The van der Waals surface area contributed by atoms with Gasteiger partial charge in [0.15, 0.2) is 0 Å². The lowest BCUT2D eigenvalue weighted by atomic mass is 9.50. The largest absolute Gasteiger partial charge is 0.469 e. The molecular weight excluding hydrogens is 188 g/mol. The van der Waals surface area contributed by atoms with Crippen LogP contribution in [0.4, 0.5) is 0 Å². The molecule has 0 saturated heterocycles. The van der Waals surface area contributed by atoms with Crippen LogP contribution in [-0.4, -0.2) is 13.1 Å². The van der Waals surface area contributed by atoms with E-state index in [2.05, 4.69) is 13.8 Å². The first kappa shape index (κ1) is 11.0. The van der Waals surface area contributed by atoms with E-state index in [-0.39, 0.29) is 11.4 Å². The summed E-state index contributed by atoms with van der Waals surface area (Å²) >= 11 is 0. The summed E-state index contributed by atoms with van der Waals surface area (Å²) in [5.41, 5.74) is 0.432. The summed E-state index contributed by atoms with van der Waals surface area (Å²) in [5, 5.41) is 0. The maximum absolute atomic E-state index is 11.8. The van der Waals surface area contributed by atoms with Crippen molar-refractivity contribution in [2.24, 2.45) is 16.7 Å². The van der Waals surface area contributed by atoms with E-state index in [1.807, 2.05) is 0 Å². The zero-order valence-corrected chi connectivity index (χ0v) is 10.1. The van der Waals surface area contributed by atoms with Crippen molar-refractivity contribution in [1.29, 1.82) is 0 Å². The van der Waals surface area contributed by atoms with Crippen molar-refractivity contribution in [3.8, 4) is 0 Å². The smallest absolute Gasteiger partial charge is 0.311 e. The van der Waals surface area contributed by atoms with Gasteiger partial charge in [-0.3, -0.25) is 4.79 Å². The topological polar surface area (TPSA) is 26.3 Å². The zero-order valence-electron chi connectivity index (χ0n) is 10.1. The lowest BCUT2D eigenvalue weighted by molar-refractivity contribution is -0.164. The standard InChI is InChI=1S/C13H22O2/c1-10(2)12-4-7-13(8-5-12,9-6-12)11(14)15-3/h10H,4-9H2,1-3H3. The van der Waals surface area contributed by atoms with Gasteiger partial charge in [-0.2, -0.15) is 0 Å². The molecule has 0 radical (unpaired) electrons. The van der Waals surface area contributed by atoms with Gasteiger partial charge in [-0.25, -0.2) is 0 Å². The van der Waals surface area contributed by atoms with Crippen LogP contribution in [0.1, 0.15) is 52.4 Å². The molecule has 3 fully saturated rings. The number of esters is 1. The highest BCUT2D eigenvalue weighted by Crippen LogP contribution is 2.60. The monoisotopic (exact) mass is 210 g/mol. The maximum atomic E-state index is 11.8. The highest BCUT2D eigenvalue weighted by Gasteiger charge is 2.53. The van der Waals surface area contributed by atoms with Crippen molar-refractivity contribution in [3.63, 3.8) is 0 Å². The molecule has 0 atom stereocenters. The van der Waals surface area contributed by atoms with E-state index < -0.39 is 0 Å². The Labute approximate surface area is 92.4 Å². The summed E-state index contributed by atoms with van der Waals surface area (Å²) in [5.74, 6) is 0.799. The van der Waals surface area contributed by atoms with Gasteiger partial charge in [0.05, 0.1) is 12.5 Å². The van der Waals surface area contributed by atoms with Crippen LogP contribution >= 0.6 is 0 Å². The molecule has 0 spiro atoms. The third-order valence-corrected chi connectivity index (χ3v) is 5.15. The number of carbonyl (C=O) groups is 1. The highest BCUT2D eigenvalue weighted by atomic mass is 16.5. The Hall–Kier alpha value is -0.530. The van der Waals surface area contributed by atoms with Crippen LogP contribution in [-0.2, 0) is 9.53 Å². The molecule has 0 aromatic rings. The summed E-state index contributed by atoms with van der Waals surface area (Å²) < 4.78 is 4.96. The molecule has 2 nitrogen and oxygen atoms in total. The number of hydrogen-bond donors (Lipinski definition) is 0. The van der Waals surface area contributed by atoms with E-state index in [0.717, 1.165) is 25.2 Å². The van der Waals surface area contributed by atoms with Gasteiger partial charge in [-0.05, 0) is 49.9 Å². The predicted molar refractivity (Wildman–Crippen MR) is 59.4 cm³/mol. The van der Waals surface area contributed by atoms with Crippen molar-refractivity contribution in [2.75, 3.05) is 7.11 Å². The van der Waals surface area contributed by atoms with Crippen molar-refractivity contribution in [3.05, 3.63) is 0 Å². The third-order valence-electron chi connectivity index (χ3n) is 5.15. The average molecular weight is 210 g/mol. The normalized spacial score (nSPS) is 39.5. The quantitative estimate of drug-likeness (QED) is 0.654. The molecule has 2 heteroatoms. The fourth-order valence-electron chi connectivity index (χ4n) is 3.60. The molecule has 0 amide bonds. The van der Waals surface area contributed by atoms with E-state index in [4.69, 9.17) is 4.74 Å². The molecule has 3 rings (SSSR count). The van der Waals surface area contributed by atoms with E-state index in [0.29, 0.717) is 5.41 Å². The second kappa shape index (κ2) is 3.50. The molecule has 3 aliphatic carbocycles. The van der Waals surface area contributed by atoms with Crippen molar-refractivity contribution < 1.29 is 9.53 Å². The maximum Gasteiger partial charge on any atom is 0.311 e. The average Bonchev–Trinajstić information content (AvgIpc) is 2.30. The Balaban J connectivity index is 2.14. The first-order valence-electron chi connectivity index (χ1n) is 6.13. The number of ether oxygens (including phenoxy) is 1. The van der Waals surface area contributed by atoms with Crippen LogP contribution in [0.5, 0.6) is 0 Å². The van der Waals surface area contributed by atoms with E-state index in [9.17, 15) is 4.79 Å². The van der Waals surface area contributed by atoms with Crippen LogP contribution < -0.4 is 0 Å². The lowest BCUT2D eigenvalue weighted by Gasteiger charge is -2.54. The minimum atomic E-state index is -0.106. The molecule has 15 heavy (non-hydrogen) atoms. The Kier molecular flexibility index (Phi) is 2.56. The number of fused-ring (bicyclic) bond motifs is 3. The molecule has 0 heterocycles. The minimum absolute atomic E-state index is 0.0413. The minimum Gasteiger partial charge on any atom is -0.469 e. The molecule has 2 bridgehead atoms. The van der Waals surface area contributed by atoms with Gasteiger partial charge in [0.1, 0.15) is 0 Å². The van der Waals surface area contributed by atoms with Gasteiger partial charge in [-0.1, -0.05) is 13.8 Å². The number of methoxy groups -OCH3 is 1. The van der Waals surface area contributed by atoms with Crippen molar-refractivity contribution >= 4 is 5.97 Å². The number of hydrogen-bond acceptors (Lipinski definition) is 2. The van der Waals surface area contributed by atoms with Crippen LogP contribution in [0.15, 0.2) is 0 Å². The summed E-state index contributed by atoms with van der Waals surface area (Å²) in [6, 6.07) is 0. The van der Waals surface area contributed by atoms with Crippen molar-refractivity contribution in [2.45, 2.75) is 52.4 Å². The van der Waals surface area contributed by atoms with E-state index >= 15 is 0 Å². The van der Waals surface area contributed by atoms with Gasteiger partial charge in [0.25, 0.3) is 0 Å². The lowest BCUT2D eigenvalue weighted by Crippen LogP contribution is -2.48. The molecule has 3 aliphatic rings. The van der Waals surface area contributed by atoms with E-state index in [1.54, 1.807) is 0 Å². The van der Waals surface area contributed by atoms with Gasteiger partial charge in [0, 0.05) is 0 Å². The van der Waals surface area contributed by atoms with Crippen LogP contribution in [0, 0.1) is 16.7 Å². The van der Waals surface area contributed by atoms with Crippen LogP contribution in [0.3, 0.4) is 0 Å². The number of rotatable bonds is 2. The molecule has 0 aromatic heterocycles. The van der Waals surface area contributed by atoms with Gasteiger partial charge < -0.3 is 4.74 Å². The first-order chi connectivity index (χ1) is 7.05. The molecule has 0 aliphatic heterocycles. The highest BCUT2D eigenvalue weighted by molar-refractivity contribution is 5.77. The summed E-state index contributed by atoms with van der Waals surface area (Å²) in [6.45, 7) is 4.66. The second-order valence-corrected chi connectivity index (χ2v) is 5.79. The Morgan fingerprint density at radius 2 is 1.53 bits per heavy atom. The Bertz CT molecular complexity index is 243. The molecule has 0 N–H and O–H groups in total. The van der Waals surface area contributed by atoms with E-state index in [1.165, 1.54) is 26.4 Å². The van der Waals surface area contributed by atoms with Crippen LogP contribution in [0.25, 0.3) is 0 Å². The zero-order chi connectivity index (χ0) is 11.1. The second-order valence-electron chi connectivity index (χ2n) is 5.79. The molecule has 86 valence electrons. The third kappa shape index (κ3) is 1.49. The molecule has 0 aromatic carbocycles.